The van der Waals surface area contributed by atoms with Crippen molar-refractivity contribution in [1.82, 2.24) is 30.4 Å². The normalized spacial score (nSPS) is 23.4. The summed E-state index contributed by atoms with van der Waals surface area (Å²) in [5.74, 6) is -0.757. The molecule has 3 fully saturated rings. The second-order valence-corrected chi connectivity index (χ2v) is 9.41. The molecule has 0 radical (unpaired) electrons. The first kappa shape index (κ1) is 33.6. The maximum atomic E-state index is 13.7. The van der Waals surface area contributed by atoms with Crippen LogP contribution in [0, 0.1) is 5.92 Å². The third kappa shape index (κ3) is 6.95. The Morgan fingerprint density at radius 1 is 1.11 bits per heavy atom. The first-order valence-corrected chi connectivity index (χ1v) is 11.7. The number of rotatable bonds is 5. The number of likely N-dealkylation sites (tertiary alicyclic amines) is 1. The molecule has 5 rings (SSSR count). The van der Waals surface area contributed by atoms with Gasteiger partial charge in [0.1, 0.15) is 31.1 Å². The summed E-state index contributed by atoms with van der Waals surface area (Å²) < 4.78 is 6.98. The average Bonchev–Trinajstić information content (AvgIpc) is 3.58. The zero-order chi connectivity index (χ0) is 22.9. The number of Topliss-reactive ketones (excluding diaryl/α,β-unsaturated/α-hetero) is 1. The van der Waals surface area contributed by atoms with Crippen LogP contribution in [0.15, 0.2) is 30.6 Å². The number of ketones is 1. The Morgan fingerprint density at radius 3 is 2.51 bits per heavy atom. The first-order chi connectivity index (χ1) is 16.0. The molecule has 2 aromatic rings. The van der Waals surface area contributed by atoms with Gasteiger partial charge in [0, 0.05) is 12.1 Å². The largest absolute Gasteiger partial charge is 0.366 e. The lowest BCUT2D eigenvalue weighted by Crippen LogP contribution is -2.55. The van der Waals surface area contributed by atoms with Crippen molar-refractivity contribution in [2.24, 2.45) is 5.92 Å². The molecule has 15 heteroatoms. The molecular weight excluding hydrogens is 576 g/mol. The van der Waals surface area contributed by atoms with Crippen molar-refractivity contribution in [3.63, 3.8) is 0 Å². The van der Waals surface area contributed by atoms with E-state index in [2.05, 4.69) is 20.8 Å². The molecule has 0 bridgehead atoms. The van der Waals surface area contributed by atoms with E-state index >= 15 is 0 Å². The van der Waals surface area contributed by atoms with Crippen LogP contribution in [0.2, 0.25) is 0 Å². The molecule has 2 amide bonds. The van der Waals surface area contributed by atoms with Crippen LogP contribution in [0.25, 0.3) is 5.69 Å². The van der Waals surface area contributed by atoms with Crippen LogP contribution in [0.5, 0.6) is 0 Å². The summed E-state index contributed by atoms with van der Waals surface area (Å²) in [7, 11) is 0. The minimum Gasteiger partial charge on any atom is -0.366 e. The van der Waals surface area contributed by atoms with Crippen LogP contribution in [-0.4, -0.2) is 79.4 Å². The predicted molar refractivity (Wildman–Crippen MR) is 158 cm³/mol. The number of hydrogen-bond donors (Lipinski definition) is 1. The SMILES string of the molecule is O=C(N[C@H](C(=O)N1C[C@H](Cl)[C@H]2OCC(=O)[C@H]21)C1CCCCC1)c1cccc(-n2cnnn2)c1.S.S.S.S. The number of ether oxygens (including phenoxy) is 1. The average molecular weight is 609 g/mol. The number of aromatic nitrogens is 4. The monoisotopic (exact) mass is 608 g/mol. The molecule has 1 saturated carbocycles. The van der Waals surface area contributed by atoms with Crippen molar-refractivity contribution >= 4 is 83.2 Å². The Kier molecular flexibility index (Phi) is 13.3. The summed E-state index contributed by atoms with van der Waals surface area (Å²) in [6.07, 6.45) is 5.77. The third-order valence-corrected chi connectivity index (χ3v) is 7.19. The van der Waals surface area contributed by atoms with Crippen molar-refractivity contribution in [2.45, 2.75) is 55.7 Å². The van der Waals surface area contributed by atoms with Crippen molar-refractivity contribution in [1.29, 1.82) is 0 Å². The van der Waals surface area contributed by atoms with Gasteiger partial charge in [-0.1, -0.05) is 25.3 Å². The van der Waals surface area contributed by atoms with Crippen LogP contribution >= 0.6 is 65.6 Å². The molecule has 206 valence electrons. The topological polar surface area (TPSA) is 119 Å². The van der Waals surface area contributed by atoms with Crippen molar-refractivity contribution < 1.29 is 19.1 Å². The maximum absolute atomic E-state index is 13.7. The molecular formula is C22H33ClN6O4S4. The molecule has 2 aliphatic heterocycles. The third-order valence-electron chi connectivity index (χ3n) is 6.80. The lowest BCUT2D eigenvalue weighted by Gasteiger charge is -2.34. The molecule has 3 heterocycles. The predicted octanol–water partition coefficient (Wildman–Crippen LogP) is 1.58. The van der Waals surface area contributed by atoms with E-state index in [0.717, 1.165) is 32.1 Å². The van der Waals surface area contributed by atoms with Crippen LogP contribution in [-0.2, 0) is 14.3 Å². The molecule has 0 unspecified atom stereocenters. The van der Waals surface area contributed by atoms with E-state index in [4.69, 9.17) is 16.3 Å². The number of nitrogens with one attached hydrogen (secondary N) is 1. The van der Waals surface area contributed by atoms with Crippen LogP contribution in [0.3, 0.4) is 0 Å². The van der Waals surface area contributed by atoms with Gasteiger partial charge in [-0.05, 0) is 47.4 Å². The van der Waals surface area contributed by atoms with Gasteiger partial charge in [0.25, 0.3) is 5.91 Å². The fraction of sp³-hybridized carbons (Fsp3) is 0.545. The van der Waals surface area contributed by atoms with Crippen molar-refractivity contribution in [3.8, 4) is 5.69 Å². The first-order valence-electron chi connectivity index (χ1n) is 11.3. The van der Waals surface area contributed by atoms with E-state index in [0.29, 0.717) is 11.3 Å². The maximum Gasteiger partial charge on any atom is 0.252 e. The summed E-state index contributed by atoms with van der Waals surface area (Å²) >= 11 is 6.40. The molecule has 1 aromatic heterocycles. The van der Waals surface area contributed by atoms with Gasteiger partial charge in [-0.3, -0.25) is 14.4 Å². The Balaban J connectivity index is 0.00000171. The van der Waals surface area contributed by atoms with E-state index in [1.54, 1.807) is 24.3 Å². The zero-order valence-corrected chi connectivity index (χ0v) is 24.7. The minimum atomic E-state index is -0.731. The van der Waals surface area contributed by atoms with Gasteiger partial charge in [0.05, 0.1) is 11.1 Å². The number of benzene rings is 1. The fourth-order valence-corrected chi connectivity index (χ4v) is 5.50. The Labute approximate surface area is 248 Å². The quantitative estimate of drug-likeness (QED) is 0.512. The number of halogens is 1. The second-order valence-electron chi connectivity index (χ2n) is 8.85. The zero-order valence-electron chi connectivity index (χ0n) is 20.0. The Hall–Kier alpha value is -1.45. The van der Waals surface area contributed by atoms with Crippen LogP contribution < -0.4 is 5.32 Å². The Morgan fingerprint density at radius 2 is 1.84 bits per heavy atom. The number of tetrazole rings is 1. The number of hydrogen-bond acceptors (Lipinski definition) is 7. The molecule has 10 nitrogen and oxygen atoms in total. The second kappa shape index (κ2) is 14.6. The van der Waals surface area contributed by atoms with Crippen molar-refractivity contribution in [3.05, 3.63) is 36.2 Å². The highest BCUT2D eigenvalue weighted by Gasteiger charge is 2.53. The molecule has 1 aliphatic carbocycles. The molecule has 3 aliphatic rings. The number of alkyl halides is 1. The van der Waals surface area contributed by atoms with Gasteiger partial charge in [-0.25, -0.2) is 4.68 Å². The highest BCUT2D eigenvalue weighted by molar-refractivity contribution is 7.59. The van der Waals surface area contributed by atoms with Crippen molar-refractivity contribution in [2.75, 3.05) is 13.2 Å². The molecule has 4 atom stereocenters. The molecule has 0 spiro atoms. The van der Waals surface area contributed by atoms with E-state index < -0.39 is 23.6 Å². The summed E-state index contributed by atoms with van der Waals surface area (Å²) in [6.45, 7) is 0.196. The number of fused-ring (bicyclic) bond motifs is 1. The van der Waals surface area contributed by atoms with Gasteiger partial charge in [0.2, 0.25) is 5.91 Å². The lowest BCUT2D eigenvalue weighted by molar-refractivity contribution is -0.139. The molecule has 37 heavy (non-hydrogen) atoms. The van der Waals surface area contributed by atoms with E-state index in [-0.39, 0.29) is 90.6 Å². The number of carbonyl (C=O) groups excluding carboxylic acids is 3. The van der Waals surface area contributed by atoms with Gasteiger partial charge in [0.15, 0.2) is 5.78 Å². The molecule has 2 saturated heterocycles. The summed E-state index contributed by atoms with van der Waals surface area (Å²) in [5, 5.41) is 13.6. The van der Waals surface area contributed by atoms with E-state index in [9.17, 15) is 14.4 Å². The van der Waals surface area contributed by atoms with Gasteiger partial charge in [-0.15, -0.1) is 16.7 Å². The molecule has 1 aromatic carbocycles. The Bertz CT molecular complexity index is 1060. The summed E-state index contributed by atoms with van der Waals surface area (Å²) in [5.41, 5.74) is 1.03. The number of carbonyl (C=O) groups is 3. The van der Waals surface area contributed by atoms with Crippen LogP contribution in [0.1, 0.15) is 42.5 Å². The number of nitrogens with zero attached hydrogens (tertiary/aromatic N) is 5. The van der Waals surface area contributed by atoms with E-state index in [1.165, 1.54) is 15.9 Å². The van der Waals surface area contributed by atoms with Gasteiger partial charge in [-0.2, -0.15) is 54.0 Å². The molecule has 1 N–H and O–H groups in total. The summed E-state index contributed by atoms with van der Waals surface area (Å²) in [6, 6.07) is 5.47. The highest BCUT2D eigenvalue weighted by atomic mass is 35.5. The van der Waals surface area contributed by atoms with Gasteiger partial charge < -0.3 is 15.0 Å². The van der Waals surface area contributed by atoms with Crippen LogP contribution in [0.4, 0.5) is 0 Å². The van der Waals surface area contributed by atoms with Gasteiger partial charge >= 0.3 is 0 Å². The fourth-order valence-electron chi connectivity index (χ4n) is 5.15. The highest BCUT2D eigenvalue weighted by Crippen LogP contribution is 2.34. The summed E-state index contributed by atoms with van der Waals surface area (Å²) in [4.78, 5) is 40.9. The smallest absolute Gasteiger partial charge is 0.252 e. The standard InChI is InChI=1S/C22H25ClN6O4.4H2S/c23-16-10-28(19-17(30)11-33-20(16)19)22(32)18(13-5-2-1-3-6-13)25-21(31)14-7-4-8-15(9-14)29-12-24-26-27-29;;;;/h4,7-9,12-13,16,18-20H,1-3,5-6,10-11H2,(H,25,31);4*1H2/t16-,18-,19+,20+;;;;/m0..../s1. The van der Waals surface area contributed by atoms with E-state index in [1.807, 2.05) is 0 Å². The lowest BCUT2D eigenvalue weighted by atomic mass is 9.83. The minimum absolute atomic E-state index is 0. The number of amides is 2.